The molecule has 0 spiro atoms. The van der Waals surface area contributed by atoms with Crippen molar-refractivity contribution >= 4 is 12.6 Å². The number of hydrogen-bond acceptors (Lipinski definition) is 4. The molecule has 1 heterocycles. The van der Waals surface area contributed by atoms with Gasteiger partial charge in [-0.1, -0.05) is 19.4 Å². The molecule has 1 rings (SSSR count). The topological polar surface area (TPSA) is 62.6 Å². The predicted octanol–water partition coefficient (Wildman–Crippen LogP) is 0.249. The molecule has 2 N–H and O–H groups in total. The number of aryl methyl sites for hydroxylation is 1. The van der Waals surface area contributed by atoms with Crippen LogP contribution in [0.4, 0.5) is 0 Å². The van der Waals surface area contributed by atoms with Crippen molar-refractivity contribution in [3.05, 3.63) is 17.8 Å². The molecule has 15 heavy (non-hydrogen) atoms. The third-order valence-electron chi connectivity index (χ3n) is 2.13. The number of pyridine rings is 1. The second-order valence-electron chi connectivity index (χ2n) is 3.40. The first kappa shape index (κ1) is 12.0. The molecule has 0 aliphatic carbocycles. The Morgan fingerprint density at radius 1 is 1.40 bits per heavy atom. The molecule has 5 heteroatoms. The molecule has 0 amide bonds. The van der Waals surface area contributed by atoms with Gasteiger partial charge in [0.05, 0.1) is 6.61 Å². The molecule has 0 saturated heterocycles. The minimum Gasteiger partial charge on any atom is -0.478 e. The van der Waals surface area contributed by atoms with Crippen LogP contribution in [0.5, 0.6) is 5.88 Å². The molecule has 0 aliphatic heterocycles. The zero-order valence-electron chi connectivity index (χ0n) is 9.10. The molecular formula is C10H16BNO3. The van der Waals surface area contributed by atoms with Gasteiger partial charge in [0.1, 0.15) is 0 Å². The van der Waals surface area contributed by atoms with E-state index in [1.54, 1.807) is 19.1 Å². The van der Waals surface area contributed by atoms with Crippen molar-refractivity contribution in [1.29, 1.82) is 0 Å². The second kappa shape index (κ2) is 5.73. The summed E-state index contributed by atoms with van der Waals surface area (Å²) in [7, 11) is -1.47. The lowest BCUT2D eigenvalue weighted by Gasteiger charge is -2.07. The van der Waals surface area contributed by atoms with E-state index in [0.29, 0.717) is 23.6 Å². The van der Waals surface area contributed by atoms with Crippen molar-refractivity contribution in [3.63, 3.8) is 0 Å². The van der Waals surface area contributed by atoms with Crippen LogP contribution in [0, 0.1) is 6.92 Å². The third-order valence-corrected chi connectivity index (χ3v) is 2.13. The summed E-state index contributed by atoms with van der Waals surface area (Å²) >= 11 is 0. The Bertz CT molecular complexity index is 318. The number of ether oxygens (including phenoxy) is 1. The zero-order chi connectivity index (χ0) is 11.3. The van der Waals surface area contributed by atoms with Crippen molar-refractivity contribution in [2.75, 3.05) is 6.61 Å². The monoisotopic (exact) mass is 209 g/mol. The van der Waals surface area contributed by atoms with Crippen molar-refractivity contribution in [2.24, 2.45) is 0 Å². The Kier molecular flexibility index (Phi) is 4.58. The minimum absolute atomic E-state index is 0.415. The lowest BCUT2D eigenvalue weighted by Crippen LogP contribution is -2.32. The molecule has 82 valence electrons. The van der Waals surface area contributed by atoms with Crippen LogP contribution in [0.15, 0.2) is 12.1 Å². The highest BCUT2D eigenvalue weighted by Gasteiger charge is 2.14. The van der Waals surface area contributed by atoms with Gasteiger partial charge < -0.3 is 14.8 Å². The highest BCUT2D eigenvalue weighted by Crippen LogP contribution is 2.06. The molecule has 0 aliphatic rings. The van der Waals surface area contributed by atoms with E-state index in [2.05, 4.69) is 11.9 Å². The van der Waals surface area contributed by atoms with E-state index in [0.717, 1.165) is 12.8 Å². The third kappa shape index (κ3) is 3.53. The molecular weight excluding hydrogens is 193 g/mol. The number of nitrogens with zero attached hydrogens (tertiary/aromatic N) is 1. The van der Waals surface area contributed by atoms with Crippen LogP contribution in [0.1, 0.15) is 25.5 Å². The van der Waals surface area contributed by atoms with E-state index in [1.807, 2.05) is 0 Å². The molecule has 0 saturated carbocycles. The van der Waals surface area contributed by atoms with E-state index in [-0.39, 0.29) is 0 Å². The number of hydrogen-bond donors (Lipinski definition) is 2. The molecule has 0 atom stereocenters. The zero-order valence-corrected chi connectivity index (χ0v) is 9.10. The summed E-state index contributed by atoms with van der Waals surface area (Å²) in [4.78, 5) is 4.12. The molecule has 0 fully saturated rings. The lowest BCUT2D eigenvalue weighted by molar-refractivity contribution is 0.297. The standard InChI is InChI=1S/C10H16BNO3/c1-3-4-7-15-10-6-5-9(11(13)14)8(2)12-10/h5-6,13-14H,3-4,7H2,1-2H3. The van der Waals surface area contributed by atoms with Crippen LogP contribution >= 0.6 is 0 Å². The predicted molar refractivity (Wildman–Crippen MR) is 59.2 cm³/mol. The van der Waals surface area contributed by atoms with Gasteiger partial charge in [-0.15, -0.1) is 0 Å². The fourth-order valence-electron chi connectivity index (χ4n) is 1.22. The summed E-state index contributed by atoms with van der Waals surface area (Å²) < 4.78 is 5.39. The van der Waals surface area contributed by atoms with Crippen LogP contribution in [0.3, 0.4) is 0 Å². The van der Waals surface area contributed by atoms with Crippen molar-refractivity contribution in [2.45, 2.75) is 26.7 Å². The van der Waals surface area contributed by atoms with Gasteiger partial charge >= 0.3 is 7.12 Å². The lowest BCUT2D eigenvalue weighted by atomic mass is 9.79. The van der Waals surface area contributed by atoms with Gasteiger partial charge in [-0.2, -0.15) is 0 Å². The molecule has 0 unspecified atom stereocenters. The van der Waals surface area contributed by atoms with Crippen molar-refractivity contribution < 1.29 is 14.8 Å². The minimum atomic E-state index is -1.47. The summed E-state index contributed by atoms with van der Waals surface area (Å²) in [6.45, 7) is 4.46. The summed E-state index contributed by atoms with van der Waals surface area (Å²) in [5.41, 5.74) is 0.997. The van der Waals surface area contributed by atoms with E-state index in [4.69, 9.17) is 14.8 Å². The van der Waals surface area contributed by atoms with E-state index < -0.39 is 7.12 Å². The normalized spacial score (nSPS) is 10.1. The molecule has 0 aromatic carbocycles. The summed E-state index contributed by atoms with van der Waals surface area (Å²) in [6, 6.07) is 3.27. The highest BCUT2D eigenvalue weighted by molar-refractivity contribution is 6.59. The maximum Gasteiger partial charge on any atom is 0.490 e. The van der Waals surface area contributed by atoms with Crippen molar-refractivity contribution in [1.82, 2.24) is 4.98 Å². The Morgan fingerprint density at radius 3 is 2.67 bits per heavy atom. The largest absolute Gasteiger partial charge is 0.490 e. The summed E-state index contributed by atoms with van der Waals surface area (Å²) in [6.07, 6.45) is 2.07. The fraction of sp³-hybridized carbons (Fsp3) is 0.500. The maximum atomic E-state index is 8.98. The van der Waals surface area contributed by atoms with Crippen molar-refractivity contribution in [3.8, 4) is 5.88 Å². The summed E-state index contributed by atoms with van der Waals surface area (Å²) in [5, 5.41) is 18.0. The van der Waals surface area contributed by atoms with Crippen LogP contribution < -0.4 is 10.2 Å². The Hall–Kier alpha value is -1.07. The fourth-order valence-corrected chi connectivity index (χ4v) is 1.22. The Labute approximate surface area is 90.1 Å². The van der Waals surface area contributed by atoms with Gasteiger partial charge in [0.15, 0.2) is 0 Å². The molecule has 1 aromatic rings. The quantitative estimate of drug-likeness (QED) is 0.538. The maximum absolute atomic E-state index is 8.98. The van der Waals surface area contributed by atoms with E-state index in [9.17, 15) is 0 Å². The number of rotatable bonds is 5. The van der Waals surface area contributed by atoms with Crippen LogP contribution in [0.2, 0.25) is 0 Å². The molecule has 0 bridgehead atoms. The molecule has 1 aromatic heterocycles. The Morgan fingerprint density at radius 2 is 2.13 bits per heavy atom. The van der Waals surface area contributed by atoms with Crippen LogP contribution in [0.25, 0.3) is 0 Å². The van der Waals surface area contributed by atoms with Gasteiger partial charge in [-0.3, -0.25) is 0 Å². The molecule has 0 radical (unpaired) electrons. The van der Waals surface area contributed by atoms with Gasteiger partial charge in [-0.05, 0) is 19.4 Å². The first-order chi connectivity index (χ1) is 7.15. The average molecular weight is 209 g/mol. The van der Waals surface area contributed by atoms with E-state index in [1.165, 1.54) is 0 Å². The number of unbranched alkanes of at least 4 members (excludes halogenated alkanes) is 1. The average Bonchev–Trinajstić information content (AvgIpc) is 2.17. The SMILES string of the molecule is CCCCOc1ccc(B(O)O)c(C)n1. The first-order valence-electron chi connectivity index (χ1n) is 5.11. The van der Waals surface area contributed by atoms with Gasteiger partial charge in [0.2, 0.25) is 5.88 Å². The second-order valence-corrected chi connectivity index (χ2v) is 3.40. The Balaban J connectivity index is 2.65. The van der Waals surface area contributed by atoms with E-state index >= 15 is 0 Å². The summed E-state index contributed by atoms with van der Waals surface area (Å²) in [5.74, 6) is 0.533. The van der Waals surface area contributed by atoms with Gasteiger partial charge in [0, 0.05) is 11.2 Å². The smallest absolute Gasteiger partial charge is 0.478 e. The number of aromatic nitrogens is 1. The van der Waals surface area contributed by atoms with Gasteiger partial charge in [-0.25, -0.2) is 4.98 Å². The highest BCUT2D eigenvalue weighted by atomic mass is 16.5. The first-order valence-corrected chi connectivity index (χ1v) is 5.11. The van der Waals surface area contributed by atoms with Gasteiger partial charge in [0.25, 0.3) is 0 Å². The molecule has 4 nitrogen and oxygen atoms in total. The van der Waals surface area contributed by atoms with Crippen LogP contribution in [-0.2, 0) is 0 Å². The van der Waals surface area contributed by atoms with Crippen LogP contribution in [-0.4, -0.2) is 28.8 Å².